The standard InChI is InChI=1S/C15H21N3O3/c1-4-9(2)17-13(19)8-18-14-11(16)6-5-7-12(14)21-10(3)15(18)20/h5-7,9-10H,4,8,16H2,1-3H3,(H,17,19). The lowest BCUT2D eigenvalue weighted by molar-refractivity contribution is -0.128. The van der Waals surface area contributed by atoms with Gasteiger partial charge in [-0.1, -0.05) is 13.0 Å². The van der Waals surface area contributed by atoms with Crippen molar-refractivity contribution in [3.05, 3.63) is 18.2 Å². The predicted octanol–water partition coefficient (Wildman–Crippen LogP) is 1.30. The molecule has 0 spiro atoms. The number of fused-ring (bicyclic) bond motifs is 1. The van der Waals surface area contributed by atoms with E-state index in [1.807, 2.05) is 13.8 Å². The molecular weight excluding hydrogens is 270 g/mol. The minimum absolute atomic E-state index is 0.0575. The minimum atomic E-state index is -0.629. The van der Waals surface area contributed by atoms with Gasteiger partial charge in [-0.15, -0.1) is 0 Å². The van der Waals surface area contributed by atoms with E-state index < -0.39 is 6.10 Å². The number of carbonyl (C=O) groups excluding carboxylic acids is 2. The predicted molar refractivity (Wildman–Crippen MR) is 81.2 cm³/mol. The second-order valence-corrected chi connectivity index (χ2v) is 5.26. The van der Waals surface area contributed by atoms with E-state index in [0.29, 0.717) is 17.1 Å². The summed E-state index contributed by atoms with van der Waals surface area (Å²) in [5, 5.41) is 2.85. The smallest absolute Gasteiger partial charge is 0.268 e. The number of nitrogens with zero attached hydrogens (tertiary/aromatic N) is 1. The first-order valence-corrected chi connectivity index (χ1v) is 7.10. The summed E-state index contributed by atoms with van der Waals surface area (Å²) < 4.78 is 5.54. The number of hydrogen-bond donors (Lipinski definition) is 2. The molecule has 1 aromatic rings. The molecular formula is C15H21N3O3. The SMILES string of the molecule is CCC(C)NC(=O)CN1C(=O)C(C)Oc2cccc(N)c21. The molecule has 2 atom stereocenters. The van der Waals surface area contributed by atoms with E-state index in [0.717, 1.165) is 6.42 Å². The Labute approximate surface area is 124 Å². The van der Waals surface area contributed by atoms with Crippen LogP contribution in [0.5, 0.6) is 5.75 Å². The third-order valence-corrected chi connectivity index (χ3v) is 3.54. The van der Waals surface area contributed by atoms with Gasteiger partial charge in [-0.25, -0.2) is 0 Å². The number of nitrogens with two attached hydrogens (primary N) is 1. The molecule has 0 saturated heterocycles. The first kappa shape index (κ1) is 15.2. The van der Waals surface area contributed by atoms with E-state index in [-0.39, 0.29) is 24.4 Å². The van der Waals surface area contributed by atoms with E-state index >= 15 is 0 Å². The minimum Gasteiger partial charge on any atom is -0.479 e. The molecule has 1 heterocycles. The van der Waals surface area contributed by atoms with Crippen LogP contribution in [-0.2, 0) is 9.59 Å². The maximum absolute atomic E-state index is 12.3. The lowest BCUT2D eigenvalue weighted by atomic mass is 10.1. The van der Waals surface area contributed by atoms with Gasteiger partial charge in [-0.05, 0) is 32.4 Å². The van der Waals surface area contributed by atoms with Crippen molar-refractivity contribution in [2.24, 2.45) is 0 Å². The van der Waals surface area contributed by atoms with Crippen LogP contribution < -0.4 is 20.7 Å². The molecule has 6 heteroatoms. The Kier molecular flexibility index (Phi) is 4.35. The lowest BCUT2D eigenvalue weighted by Crippen LogP contribution is -2.50. The number of nitrogens with one attached hydrogen (secondary N) is 1. The molecule has 2 rings (SSSR count). The molecule has 0 aliphatic carbocycles. The van der Waals surface area contributed by atoms with Crippen LogP contribution in [0.1, 0.15) is 27.2 Å². The molecule has 2 amide bonds. The number of para-hydroxylation sites is 1. The topological polar surface area (TPSA) is 84.7 Å². The average molecular weight is 291 g/mol. The Hall–Kier alpha value is -2.24. The van der Waals surface area contributed by atoms with Crippen molar-refractivity contribution in [2.45, 2.75) is 39.3 Å². The van der Waals surface area contributed by atoms with Crippen molar-refractivity contribution in [1.29, 1.82) is 0 Å². The first-order valence-electron chi connectivity index (χ1n) is 7.10. The van der Waals surface area contributed by atoms with Gasteiger partial charge in [0.1, 0.15) is 18.0 Å². The van der Waals surface area contributed by atoms with Gasteiger partial charge in [0.05, 0.1) is 5.69 Å². The van der Waals surface area contributed by atoms with Crippen LogP contribution in [-0.4, -0.2) is 30.5 Å². The van der Waals surface area contributed by atoms with Crippen molar-refractivity contribution in [1.82, 2.24) is 5.32 Å². The maximum atomic E-state index is 12.3. The van der Waals surface area contributed by atoms with E-state index in [1.54, 1.807) is 25.1 Å². The number of benzene rings is 1. The highest BCUT2D eigenvalue weighted by atomic mass is 16.5. The van der Waals surface area contributed by atoms with Gasteiger partial charge >= 0.3 is 0 Å². The Bertz CT molecular complexity index is 559. The third-order valence-electron chi connectivity index (χ3n) is 3.54. The maximum Gasteiger partial charge on any atom is 0.268 e. The highest BCUT2D eigenvalue weighted by Gasteiger charge is 2.34. The fraction of sp³-hybridized carbons (Fsp3) is 0.467. The Morgan fingerprint density at radius 1 is 1.52 bits per heavy atom. The zero-order chi connectivity index (χ0) is 15.6. The summed E-state index contributed by atoms with van der Waals surface area (Å²) in [5.74, 6) is 0.0548. The summed E-state index contributed by atoms with van der Waals surface area (Å²) in [6.07, 6.45) is 0.202. The lowest BCUT2D eigenvalue weighted by Gasteiger charge is -2.33. The van der Waals surface area contributed by atoms with Crippen molar-refractivity contribution in [2.75, 3.05) is 17.2 Å². The molecule has 0 fully saturated rings. The largest absolute Gasteiger partial charge is 0.479 e. The zero-order valence-corrected chi connectivity index (χ0v) is 12.6. The molecule has 1 aliphatic rings. The average Bonchev–Trinajstić information content (AvgIpc) is 2.43. The quantitative estimate of drug-likeness (QED) is 0.819. The van der Waals surface area contributed by atoms with Crippen molar-refractivity contribution in [3.8, 4) is 5.75 Å². The molecule has 0 radical (unpaired) electrons. The number of carbonyl (C=O) groups is 2. The molecule has 1 aromatic carbocycles. The second-order valence-electron chi connectivity index (χ2n) is 5.26. The summed E-state index contributed by atoms with van der Waals surface area (Å²) in [5.41, 5.74) is 6.83. The van der Waals surface area contributed by atoms with Gasteiger partial charge in [0.15, 0.2) is 6.10 Å². The Balaban J connectivity index is 2.26. The van der Waals surface area contributed by atoms with E-state index in [9.17, 15) is 9.59 Å². The number of hydrogen-bond acceptors (Lipinski definition) is 4. The zero-order valence-electron chi connectivity index (χ0n) is 12.6. The van der Waals surface area contributed by atoms with Crippen molar-refractivity contribution >= 4 is 23.2 Å². The molecule has 0 saturated carbocycles. The van der Waals surface area contributed by atoms with E-state index in [2.05, 4.69) is 5.32 Å². The van der Waals surface area contributed by atoms with Gasteiger partial charge < -0.3 is 15.8 Å². The van der Waals surface area contributed by atoms with Crippen LogP contribution in [0.2, 0.25) is 0 Å². The summed E-state index contributed by atoms with van der Waals surface area (Å²) in [6.45, 7) is 5.51. The fourth-order valence-corrected chi connectivity index (χ4v) is 2.22. The first-order chi connectivity index (χ1) is 9.93. The van der Waals surface area contributed by atoms with Gasteiger partial charge in [0.25, 0.3) is 5.91 Å². The normalized spacial score (nSPS) is 18.7. The molecule has 3 N–H and O–H groups in total. The van der Waals surface area contributed by atoms with Crippen LogP contribution in [0.3, 0.4) is 0 Å². The monoisotopic (exact) mass is 291 g/mol. The molecule has 114 valence electrons. The molecule has 6 nitrogen and oxygen atoms in total. The number of nitrogen functional groups attached to an aromatic ring is 1. The van der Waals surface area contributed by atoms with Crippen molar-refractivity contribution < 1.29 is 14.3 Å². The van der Waals surface area contributed by atoms with Crippen LogP contribution in [0.15, 0.2) is 18.2 Å². The van der Waals surface area contributed by atoms with Crippen molar-refractivity contribution in [3.63, 3.8) is 0 Å². The number of ether oxygens (including phenoxy) is 1. The molecule has 0 bridgehead atoms. The van der Waals surface area contributed by atoms with Gasteiger partial charge in [0, 0.05) is 6.04 Å². The second kappa shape index (κ2) is 6.03. The van der Waals surface area contributed by atoms with Crippen LogP contribution in [0.4, 0.5) is 11.4 Å². The summed E-state index contributed by atoms with van der Waals surface area (Å²) in [4.78, 5) is 25.8. The van der Waals surface area contributed by atoms with Crippen LogP contribution in [0.25, 0.3) is 0 Å². The third kappa shape index (κ3) is 3.09. The highest BCUT2D eigenvalue weighted by Crippen LogP contribution is 2.38. The fourth-order valence-electron chi connectivity index (χ4n) is 2.22. The van der Waals surface area contributed by atoms with Gasteiger partial charge in [0.2, 0.25) is 5.91 Å². The summed E-state index contributed by atoms with van der Waals surface area (Å²) in [7, 11) is 0. The van der Waals surface area contributed by atoms with E-state index in [4.69, 9.17) is 10.5 Å². The number of amides is 2. The molecule has 1 aliphatic heterocycles. The van der Waals surface area contributed by atoms with Gasteiger partial charge in [-0.2, -0.15) is 0 Å². The Morgan fingerprint density at radius 2 is 2.24 bits per heavy atom. The number of anilines is 2. The number of rotatable bonds is 4. The van der Waals surface area contributed by atoms with Crippen LogP contribution in [0, 0.1) is 0 Å². The summed E-state index contributed by atoms with van der Waals surface area (Å²) >= 11 is 0. The highest BCUT2D eigenvalue weighted by molar-refractivity contribution is 6.06. The molecule has 0 aromatic heterocycles. The van der Waals surface area contributed by atoms with E-state index in [1.165, 1.54) is 4.90 Å². The molecule has 2 unspecified atom stereocenters. The summed E-state index contributed by atoms with van der Waals surface area (Å²) in [6, 6.07) is 5.26. The Morgan fingerprint density at radius 3 is 2.90 bits per heavy atom. The molecule has 21 heavy (non-hydrogen) atoms. The van der Waals surface area contributed by atoms with Gasteiger partial charge in [-0.3, -0.25) is 14.5 Å². The van der Waals surface area contributed by atoms with Crippen LogP contribution >= 0.6 is 0 Å².